The second kappa shape index (κ2) is 6.66. The van der Waals surface area contributed by atoms with Gasteiger partial charge in [0.25, 0.3) is 0 Å². The Kier molecular flexibility index (Phi) is 4.61. The second-order valence-corrected chi connectivity index (χ2v) is 6.64. The molecule has 2 aromatic rings. The second-order valence-electron chi connectivity index (χ2n) is 6.64. The van der Waals surface area contributed by atoms with Crippen molar-refractivity contribution in [1.82, 2.24) is 24.2 Å². The number of aryl methyl sites for hydroxylation is 1. The molecule has 124 valence electrons. The fraction of sp³-hybridized carbons (Fsp3) is 0.588. The predicted octanol–water partition coefficient (Wildman–Crippen LogP) is 2.43. The highest BCUT2D eigenvalue weighted by atomic mass is 16.1. The Hall–Kier alpha value is -1.95. The van der Waals surface area contributed by atoms with Gasteiger partial charge in [-0.15, -0.1) is 0 Å². The fourth-order valence-corrected chi connectivity index (χ4v) is 3.35. The monoisotopic (exact) mass is 315 g/mol. The van der Waals surface area contributed by atoms with Crippen molar-refractivity contribution in [3.63, 3.8) is 0 Å². The lowest BCUT2D eigenvalue weighted by Gasteiger charge is -2.24. The molecule has 2 aromatic heterocycles. The van der Waals surface area contributed by atoms with E-state index in [9.17, 15) is 4.79 Å². The molecule has 0 bridgehead atoms. The number of nitrogens with zero attached hydrogens (tertiary/aromatic N) is 5. The highest BCUT2D eigenvalue weighted by Crippen LogP contribution is 2.24. The van der Waals surface area contributed by atoms with Gasteiger partial charge in [-0.3, -0.25) is 14.4 Å². The van der Waals surface area contributed by atoms with E-state index in [1.807, 2.05) is 19.4 Å². The summed E-state index contributed by atoms with van der Waals surface area (Å²) < 4.78 is 3.89. The van der Waals surface area contributed by atoms with E-state index in [0.29, 0.717) is 24.1 Å². The Morgan fingerprint density at radius 2 is 2.26 bits per heavy atom. The Labute approximate surface area is 137 Å². The smallest absolute Gasteiger partial charge is 0.167 e. The van der Waals surface area contributed by atoms with Crippen LogP contribution in [-0.4, -0.2) is 42.6 Å². The molecular weight excluding hydrogens is 290 g/mol. The van der Waals surface area contributed by atoms with Gasteiger partial charge in [0.2, 0.25) is 0 Å². The van der Waals surface area contributed by atoms with Gasteiger partial charge in [0.15, 0.2) is 5.78 Å². The highest BCUT2D eigenvalue weighted by molar-refractivity contribution is 5.96. The standard InChI is InChI=1S/C17H25N5O/c1-13(2)22-8-6-18-17(22)12-21-7-4-5-15(21)9-16(23)14-10-19-20(3)11-14/h6,8,10-11,13,15H,4-5,7,9,12H2,1-3H3/t15-/m1/s1. The Balaban J connectivity index is 1.66. The van der Waals surface area contributed by atoms with Crippen LogP contribution in [-0.2, 0) is 13.6 Å². The van der Waals surface area contributed by atoms with E-state index in [4.69, 9.17) is 0 Å². The van der Waals surface area contributed by atoms with Crippen LogP contribution in [0.1, 0.15) is 55.3 Å². The number of hydrogen-bond donors (Lipinski definition) is 0. The van der Waals surface area contributed by atoms with Gasteiger partial charge in [0, 0.05) is 44.1 Å². The Morgan fingerprint density at radius 3 is 2.96 bits per heavy atom. The molecular formula is C17H25N5O. The van der Waals surface area contributed by atoms with Gasteiger partial charge in [0.05, 0.1) is 18.3 Å². The molecule has 3 heterocycles. The molecule has 1 aliphatic heterocycles. The van der Waals surface area contributed by atoms with Crippen LogP contribution in [0.2, 0.25) is 0 Å². The summed E-state index contributed by atoms with van der Waals surface area (Å²) in [5.74, 6) is 1.27. The first-order valence-corrected chi connectivity index (χ1v) is 8.32. The van der Waals surface area contributed by atoms with Crippen molar-refractivity contribution in [2.45, 2.75) is 51.7 Å². The van der Waals surface area contributed by atoms with Crippen LogP contribution in [0.25, 0.3) is 0 Å². The molecule has 0 N–H and O–H groups in total. The van der Waals surface area contributed by atoms with Gasteiger partial charge < -0.3 is 4.57 Å². The first-order chi connectivity index (χ1) is 11.0. The lowest BCUT2D eigenvalue weighted by Crippen LogP contribution is -2.32. The number of aromatic nitrogens is 4. The number of carbonyl (C=O) groups excluding carboxylic acids is 1. The van der Waals surface area contributed by atoms with Gasteiger partial charge in [-0.1, -0.05) is 0 Å². The largest absolute Gasteiger partial charge is 0.331 e. The molecule has 0 unspecified atom stereocenters. The summed E-state index contributed by atoms with van der Waals surface area (Å²) in [5.41, 5.74) is 0.711. The lowest BCUT2D eigenvalue weighted by atomic mass is 10.0. The predicted molar refractivity (Wildman–Crippen MR) is 88.2 cm³/mol. The lowest BCUT2D eigenvalue weighted by molar-refractivity contribution is 0.0936. The zero-order chi connectivity index (χ0) is 16.4. The maximum atomic E-state index is 12.4. The molecule has 1 atom stereocenters. The maximum absolute atomic E-state index is 12.4. The van der Waals surface area contributed by atoms with Crippen molar-refractivity contribution in [2.75, 3.05) is 6.54 Å². The SMILES string of the molecule is CC(C)n1ccnc1CN1CCC[C@@H]1CC(=O)c1cnn(C)c1. The van der Waals surface area contributed by atoms with Gasteiger partial charge in [-0.05, 0) is 33.2 Å². The molecule has 3 rings (SSSR count). The molecule has 0 spiro atoms. The molecule has 23 heavy (non-hydrogen) atoms. The van der Waals surface area contributed by atoms with E-state index in [1.54, 1.807) is 17.1 Å². The molecule has 0 saturated carbocycles. The average molecular weight is 315 g/mol. The molecule has 1 fully saturated rings. The summed E-state index contributed by atoms with van der Waals surface area (Å²) >= 11 is 0. The third kappa shape index (κ3) is 3.52. The van der Waals surface area contributed by atoms with Gasteiger partial charge in [0.1, 0.15) is 5.82 Å². The van der Waals surface area contributed by atoms with Crippen LogP contribution < -0.4 is 0 Å². The van der Waals surface area contributed by atoms with Crippen molar-refractivity contribution < 1.29 is 4.79 Å². The van der Waals surface area contributed by atoms with Crippen molar-refractivity contribution >= 4 is 5.78 Å². The van der Waals surface area contributed by atoms with Crippen LogP contribution in [0.5, 0.6) is 0 Å². The number of Topliss-reactive ketones (excluding diaryl/α,β-unsaturated/α-hetero) is 1. The van der Waals surface area contributed by atoms with Crippen LogP contribution in [0.15, 0.2) is 24.8 Å². The minimum absolute atomic E-state index is 0.183. The van der Waals surface area contributed by atoms with E-state index in [1.165, 1.54) is 0 Å². The quantitative estimate of drug-likeness (QED) is 0.768. The minimum atomic E-state index is 0.183. The fourth-order valence-electron chi connectivity index (χ4n) is 3.35. The van der Waals surface area contributed by atoms with E-state index in [2.05, 4.69) is 33.4 Å². The van der Waals surface area contributed by atoms with Crippen molar-refractivity contribution in [2.24, 2.45) is 7.05 Å². The molecule has 6 nitrogen and oxygen atoms in total. The molecule has 0 amide bonds. The van der Waals surface area contributed by atoms with E-state index < -0.39 is 0 Å². The van der Waals surface area contributed by atoms with Crippen molar-refractivity contribution in [1.29, 1.82) is 0 Å². The third-order valence-electron chi connectivity index (χ3n) is 4.60. The summed E-state index contributed by atoms with van der Waals surface area (Å²) in [5, 5.41) is 4.09. The summed E-state index contributed by atoms with van der Waals surface area (Å²) in [4.78, 5) is 19.3. The molecule has 1 aliphatic rings. The summed E-state index contributed by atoms with van der Waals surface area (Å²) in [6.45, 7) is 6.18. The summed E-state index contributed by atoms with van der Waals surface area (Å²) in [6, 6.07) is 0.714. The Bertz CT molecular complexity index is 672. The molecule has 6 heteroatoms. The molecule has 1 saturated heterocycles. The number of carbonyl (C=O) groups is 1. The van der Waals surface area contributed by atoms with Crippen molar-refractivity contribution in [3.8, 4) is 0 Å². The zero-order valence-corrected chi connectivity index (χ0v) is 14.1. The number of imidazole rings is 1. The molecule has 0 radical (unpaired) electrons. The van der Waals surface area contributed by atoms with Gasteiger partial charge in [-0.2, -0.15) is 5.10 Å². The minimum Gasteiger partial charge on any atom is -0.331 e. The van der Waals surface area contributed by atoms with Crippen LogP contribution in [0, 0.1) is 0 Å². The topological polar surface area (TPSA) is 56.0 Å². The summed E-state index contributed by atoms with van der Waals surface area (Å²) in [7, 11) is 1.84. The molecule has 0 aromatic carbocycles. The zero-order valence-electron chi connectivity index (χ0n) is 14.1. The average Bonchev–Trinajstić information content (AvgIpc) is 3.21. The van der Waals surface area contributed by atoms with Crippen LogP contribution in [0.4, 0.5) is 0 Å². The first-order valence-electron chi connectivity index (χ1n) is 8.32. The summed E-state index contributed by atoms with van der Waals surface area (Å²) in [6.07, 6.45) is 10.1. The van der Waals surface area contributed by atoms with E-state index in [0.717, 1.165) is 31.8 Å². The Morgan fingerprint density at radius 1 is 1.43 bits per heavy atom. The molecule has 0 aliphatic carbocycles. The van der Waals surface area contributed by atoms with Crippen LogP contribution >= 0.6 is 0 Å². The third-order valence-corrected chi connectivity index (χ3v) is 4.60. The first kappa shape index (κ1) is 15.9. The normalized spacial score (nSPS) is 18.9. The van der Waals surface area contributed by atoms with Gasteiger partial charge >= 0.3 is 0 Å². The van der Waals surface area contributed by atoms with E-state index in [-0.39, 0.29) is 5.78 Å². The van der Waals surface area contributed by atoms with Crippen molar-refractivity contribution in [3.05, 3.63) is 36.2 Å². The van der Waals surface area contributed by atoms with E-state index >= 15 is 0 Å². The maximum Gasteiger partial charge on any atom is 0.167 e. The van der Waals surface area contributed by atoms with Gasteiger partial charge in [-0.25, -0.2) is 4.98 Å². The number of ketones is 1. The number of likely N-dealkylation sites (tertiary alicyclic amines) is 1. The number of hydrogen-bond acceptors (Lipinski definition) is 4. The number of rotatable bonds is 6. The van der Waals surface area contributed by atoms with Crippen LogP contribution in [0.3, 0.4) is 0 Å². The highest BCUT2D eigenvalue weighted by Gasteiger charge is 2.28.